The molecule has 0 unspecified atom stereocenters. The van der Waals surface area contributed by atoms with Gasteiger partial charge in [0.05, 0.1) is 0 Å². The molecule has 2 aromatic carbocycles. The van der Waals surface area contributed by atoms with Crippen LogP contribution in [0.15, 0.2) is 48.5 Å². The van der Waals surface area contributed by atoms with Gasteiger partial charge >= 0.3 is 0 Å². The zero-order valence-electron chi connectivity index (χ0n) is 17.5. The maximum Gasteiger partial charge on any atom is 0.194 e. The number of ether oxygens (including phenoxy) is 2. The molecule has 27 heavy (non-hydrogen) atoms. The lowest BCUT2D eigenvalue weighted by Gasteiger charge is -2.36. The summed E-state index contributed by atoms with van der Waals surface area (Å²) in [6, 6.07) is 16.2. The van der Waals surface area contributed by atoms with Gasteiger partial charge in [0.2, 0.25) is 0 Å². The maximum absolute atomic E-state index is 11.9. The molecule has 2 aromatic rings. The van der Waals surface area contributed by atoms with Gasteiger partial charge in [-0.25, -0.2) is 0 Å². The zero-order valence-corrected chi connectivity index (χ0v) is 17.5. The van der Waals surface area contributed by atoms with E-state index >= 15 is 0 Å². The fraction of sp³-hybridized carbons (Fsp3) is 0.500. The van der Waals surface area contributed by atoms with Gasteiger partial charge in [-0.05, 0) is 47.9 Å². The third-order valence-electron chi connectivity index (χ3n) is 5.01. The zero-order chi connectivity index (χ0) is 20.0. The first kappa shape index (κ1) is 21.6. The second-order valence-corrected chi connectivity index (χ2v) is 7.56. The molecule has 148 valence electrons. The van der Waals surface area contributed by atoms with Crippen LogP contribution in [0.2, 0.25) is 0 Å². The van der Waals surface area contributed by atoms with Crippen molar-refractivity contribution in [1.82, 2.24) is 0 Å². The molecule has 0 amide bonds. The van der Waals surface area contributed by atoms with Crippen molar-refractivity contribution < 1.29 is 14.6 Å². The molecule has 0 bridgehead atoms. The predicted octanol–water partition coefficient (Wildman–Crippen LogP) is 5.57. The summed E-state index contributed by atoms with van der Waals surface area (Å²) in [5, 5.41) is 11.9. The molecule has 0 atom stereocenters. The van der Waals surface area contributed by atoms with E-state index in [9.17, 15) is 5.11 Å². The van der Waals surface area contributed by atoms with E-state index in [0.717, 1.165) is 11.1 Å². The molecule has 0 fully saturated rings. The van der Waals surface area contributed by atoms with E-state index in [1.165, 1.54) is 11.1 Å². The first-order chi connectivity index (χ1) is 12.8. The molecule has 0 aliphatic heterocycles. The molecule has 0 aliphatic carbocycles. The van der Waals surface area contributed by atoms with Gasteiger partial charge in [-0.1, -0.05) is 76.2 Å². The smallest absolute Gasteiger partial charge is 0.194 e. The normalized spacial score (nSPS) is 12.4. The van der Waals surface area contributed by atoms with E-state index in [2.05, 4.69) is 52.0 Å². The monoisotopic (exact) mass is 370 g/mol. The van der Waals surface area contributed by atoms with E-state index in [0.29, 0.717) is 25.0 Å². The molecule has 0 aliphatic rings. The predicted molar refractivity (Wildman–Crippen MR) is 111 cm³/mol. The molecule has 1 N–H and O–H groups in total. The number of hydrogen-bond acceptors (Lipinski definition) is 3. The molecule has 0 saturated carbocycles. The molecule has 3 heteroatoms. The topological polar surface area (TPSA) is 38.7 Å². The molecule has 0 aromatic heterocycles. The third kappa shape index (κ3) is 4.78. The number of aliphatic hydroxyl groups is 1. The minimum absolute atomic E-state index is 0.437. The lowest BCUT2D eigenvalue weighted by Crippen LogP contribution is -2.44. The van der Waals surface area contributed by atoms with Crippen molar-refractivity contribution in [1.29, 1.82) is 0 Å². The van der Waals surface area contributed by atoms with Crippen molar-refractivity contribution in [3.8, 4) is 0 Å². The Morgan fingerprint density at radius 3 is 1.30 bits per heavy atom. The standard InChI is InChI=1S/C24H34O3/c1-7-26-23(27-8-2)24(25,21-13-9-19(10-14-21)17(3)4)22-15-11-20(12-16-22)18(5)6/h9-18,23,25H,7-8H2,1-6H3. The van der Waals surface area contributed by atoms with Crippen LogP contribution in [0.1, 0.15) is 75.6 Å². The highest BCUT2D eigenvalue weighted by Crippen LogP contribution is 2.36. The fourth-order valence-corrected chi connectivity index (χ4v) is 3.28. The summed E-state index contributed by atoms with van der Waals surface area (Å²) in [6.45, 7) is 13.4. The van der Waals surface area contributed by atoms with Crippen molar-refractivity contribution in [2.45, 2.75) is 65.3 Å². The van der Waals surface area contributed by atoms with Gasteiger partial charge in [0.1, 0.15) is 0 Å². The number of benzene rings is 2. The van der Waals surface area contributed by atoms with Crippen molar-refractivity contribution in [3.63, 3.8) is 0 Å². The van der Waals surface area contributed by atoms with Crippen LogP contribution in [0.5, 0.6) is 0 Å². The molecule has 2 rings (SSSR count). The minimum Gasteiger partial charge on any atom is -0.375 e. The van der Waals surface area contributed by atoms with Crippen LogP contribution >= 0.6 is 0 Å². The summed E-state index contributed by atoms with van der Waals surface area (Å²) in [5.74, 6) is 0.874. The Morgan fingerprint density at radius 1 is 0.704 bits per heavy atom. The Morgan fingerprint density at radius 2 is 1.04 bits per heavy atom. The SMILES string of the molecule is CCOC(OCC)C(O)(c1ccc(C(C)C)cc1)c1ccc(C(C)C)cc1. The average molecular weight is 371 g/mol. The van der Waals surface area contributed by atoms with Gasteiger partial charge in [-0.2, -0.15) is 0 Å². The largest absolute Gasteiger partial charge is 0.375 e. The summed E-state index contributed by atoms with van der Waals surface area (Å²) < 4.78 is 11.7. The van der Waals surface area contributed by atoms with E-state index in [1.54, 1.807) is 0 Å². The van der Waals surface area contributed by atoms with E-state index in [1.807, 2.05) is 38.1 Å². The highest BCUT2D eigenvalue weighted by molar-refractivity contribution is 5.40. The quantitative estimate of drug-likeness (QED) is 0.587. The Balaban J connectivity index is 2.55. The minimum atomic E-state index is -1.38. The summed E-state index contributed by atoms with van der Waals surface area (Å²) in [5.41, 5.74) is 2.64. The molecule has 3 nitrogen and oxygen atoms in total. The van der Waals surface area contributed by atoms with Crippen LogP contribution in [0.4, 0.5) is 0 Å². The highest BCUT2D eigenvalue weighted by atomic mass is 16.7. The molecular formula is C24H34O3. The van der Waals surface area contributed by atoms with Crippen molar-refractivity contribution in [2.24, 2.45) is 0 Å². The molecule has 0 radical (unpaired) electrons. The Labute approximate surface area is 164 Å². The second kappa shape index (κ2) is 9.50. The van der Waals surface area contributed by atoms with Crippen molar-refractivity contribution in [2.75, 3.05) is 13.2 Å². The van der Waals surface area contributed by atoms with Gasteiger partial charge in [0.15, 0.2) is 11.9 Å². The lowest BCUT2D eigenvalue weighted by molar-refractivity contribution is -0.224. The van der Waals surface area contributed by atoms with Gasteiger partial charge in [0, 0.05) is 13.2 Å². The summed E-state index contributed by atoms with van der Waals surface area (Å²) in [7, 11) is 0. The Bertz CT molecular complexity index is 629. The lowest BCUT2D eigenvalue weighted by atomic mass is 9.83. The highest BCUT2D eigenvalue weighted by Gasteiger charge is 2.42. The van der Waals surface area contributed by atoms with Crippen molar-refractivity contribution >= 4 is 0 Å². The van der Waals surface area contributed by atoms with Gasteiger partial charge in [-0.15, -0.1) is 0 Å². The first-order valence-electron chi connectivity index (χ1n) is 10.0. The summed E-state index contributed by atoms with van der Waals surface area (Å²) in [6.07, 6.45) is -0.776. The molecule has 0 spiro atoms. The molecule has 0 heterocycles. The Kier molecular flexibility index (Phi) is 7.60. The number of hydrogen-bond donors (Lipinski definition) is 1. The van der Waals surface area contributed by atoms with Gasteiger partial charge in [-0.3, -0.25) is 0 Å². The van der Waals surface area contributed by atoms with Crippen molar-refractivity contribution in [3.05, 3.63) is 70.8 Å². The van der Waals surface area contributed by atoms with Gasteiger partial charge in [0.25, 0.3) is 0 Å². The third-order valence-corrected chi connectivity index (χ3v) is 5.01. The van der Waals surface area contributed by atoms with Crippen LogP contribution in [-0.4, -0.2) is 24.6 Å². The maximum atomic E-state index is 11.9. The van der Waals surface area contributed by atoms with Crippen LogP contribution in [0, 0.1) is 0 Å². The Hall–Kier alpha value is -1.68. The van der Waals surface area contributed by atoms with E-state index in [-0.39, 0.29) is 0 Å². The van der Waals surface area contributed by atoms with Crippen LogP contribution in [-0.2, 0) is 15.1 Å². The second-order valence-electron chi connectivity index (χ2n) is 7.56. The van der Waals surface area contributed by atoms with Gasteiger partial charge < -0.3 is 14.6 Å². The molecule has 0 saturated heterocycles. The summed E-state index contributed by atoms with van der Waals surface area (Å²) >= 11 is 0. The molecular weight excluding hydrogens is 336 g/mol. The van der Waals surface area contributed by atoms with E-state index < -0.39 is 11.9 Å². The number of rotatable bonds is 9. The van der Waals surface area contributed by atoms with E-state index in [4.69, 9.17) is 9.47 Å². The van der Waals surface area contributed by atoms with Crippen LogP contribution < -0.4 is 0 Å². The summed E-state index contributed by atoms with van der Waals surface area (Å²) in [4.78, 5) is 0. The first-order valence-corrected chi connectivity index (χ1v) is 10.0. The van der Waals surface area contributed by atoms with Crippen LogP contribution in [0.3, 0.4) is 0 Å². The van der Waals surface area contributed by atoms with Crippen LogP contribution in [0.25, 0.3) is 0 Å². The fourth-order valence-electron chi connectivity index (χ4n) is 3.28. The average Bonchev–Trinajstić information content (AvgIpc) is 2.67.